The summed E-state index contributed by atoms with van der Waals surface area (Å²) in [5.41, 5.74) is -0.852. The van der Waals surface area contributed by atoms with Gasteiger partial charge in [-0.3, -0.25) is 4.79 Å². The third kappa shape index (κ3) is 2.71. The van der Waals surface area contributed by atoms with Crippen molar-refractivity contribution in [1.29, 1.82) is 0 Å². The topological polar surface area (TPSA) is 78.9 Å². The van der Waals surface area contributed by atoms with Gasteiger partial charge in [0.2, 0.25) is 6.10 Å². The lowest BCUT2D eigenvalue weighted by molar-refractivity contribution is -0.213. The fourth-order valence-corrected chi connectivity index (χ4v) is 7.03. The standard InChI is InChI=1S/C22H28O6/c1-12(2)18(23)28-22-9-13-6-14(10-22)8-21(7-13,11-22)20(25)27-17-15-4-3-5-16(15)26-19(17)24/h13-17H,1,3-11H2,2H3. The molecule has 5 unspecified atom stereocenters. The lowest BCUT2D eigenvalue weighted by Crippen LogP contribution is -2.60. The molecular formula is C22H28O6. The molecule has 6 fully saturated rings. The van der Waals surface area contributed by atoms with Gasteiger partial charge in [0.25, 0.3) is 0 Å². The maximum Gasteiger partial charge on any atom is 0.348 e. The van der Waals surface area contributed by atoms with Gasteiger partial charge >= 0.3 is 17.9 Å². The zero-order valence-electron chi connectivity index (χ0n) is 16.4. The number of hydrogen-bond acceptors (Lipinski definition) is 6. The summed E-state index contributed by atoms with van der Waals surface area (Å²) < 4.78 is 17.2. The van der Waals surface area contributed by atoms with Crippen LogP contribution in [0, 0.1) is 23.2 Å². The molecule has 5 atom stereocenters. The molecular weight excluding hydrogens is 360 g/mol. The average Bonchev–Trinajstić information content (AvgIpc) is 3.15. The van der Waals surface area contributed by atoms with Gasteiger partial charge in [-0.15, -0.1) is 0 Å². The van der Waals surface area contributed by atoms with Crippen LogP contribution in [0.1, 0.15) is 64.7 Å². The molecule has 0 radical (unpaired) electrons. The molecule has 0 aromatic rings. The third-order valence-electron chi connectivity index (χ3n) is 7.72. The second-order valence-electron chi connectivity index (χ2n) is 9.99. The molecule has 0 aromatic carbocycles. The van der Waals surface area contributed by atoms with Crippen molar-refractivity contribution in [3.8, 4) is 0 Å². The van der Waals surface area contributed by atoms with Crippen molar-refractivity contribution in [2.75, 3.05) is 0 Å². The van der Waals surface area contributed by atoms with Gasteiger partial charge in [-0.2, -0.15) is 0 Å². The molecule has 1 aliphatic heterocycles. The van der Waals surface area contributed by atoms with E-state index in [9.17, 15) is 14.4 Å². The van der Waals surface area contributed by atoms with Gasteiger partial charge in [0.1, 0.15) is 11.7 Å². The highest BCUT2D eigenvalue weighted by Gasteiger charge is 2.64. The fraction of sp³-hybridized carbons (Fsp3) is 0.773. The second-order valence-corrected chi connectivity index (χ2v) is 9.99. The van der Waals surface area contributed by atoms with Gasteiger partial charge in [0.15, 0.2) is 0 Å². The molecule has 5 aliphatic carbocycles. The summed E-state index contributed by atoms with van der Waals surface area (Å²) in [7, 11) is 0. The van der Waals surface area contributed by atoms with Crippen molar-refractivity contribution in [2.45, 2.75) is 82.5 Å². The Kier molecular flexibility index (Phi) is 3.95. The van der Waals surface area contributed by atoms with Crippen LogP contribution < -0.4 is 0 Å². The van der Waals surface area contributed by atoms with E-state index in [-0.39, 0.29) is 24.0 Å². The Morgan fingerprint density at radius 1 is 1.14 bits per heavy atom. The summed E-state index contributed by atoms with van der Waals surface area (Å²) >= 11 is 0. The Bertz CT molecular complexity index is 740. The number of rotatable bonds is 4. The van der Waals surface area contributed by atoms with Crippen molar-refractivity contribution < 1.29 is 28.6 Å². The highest BCUT2D eigenvalue weighted by Crippen LogP contribution is 2.63. The summed E-state index contributed by atoms with van der Waals surface area (Å²) in [6.07, 6.45) is 6.62. The minimum Gasteiger partial charge on any atom is -0.459 e. The summed E-state index contributed by atoms with van der Waals surface area (Å²) in [5.74, 6) is -0.329. The number of esters is 3. The van der Waals surface area contributed by atoms with Crippen molar-refractivity contribution in [3.63, 3.8) is 0 Å². The Balaban J connectivity index is 1.37. The van der Waals surface area contributed by atoms with Gasteiger partial charge in [0, 0.05) is 17.9 Å². The van der Waals surface area contributed by atoms with Gasteiger partial charge in [-0.1, -0.05) is 6.58 Å². The largest absolute Gasteiger partial charge is 0.459 e. The molecule has 6 aliphatic rings. The molecule has 6 nitrogen and oxygen atoms in total. The van der Waals surface area contributed by atoms with E-state index in [2.05, 4.69) is 6.58 Å². The molecule has 5 saturated carbocycles. The van der Waals surface area contributed by atoms with Crippen LogP contribution in [0.5, 0.6) is 0 Å². The third-order valence-corrected chi connectivity index (χ3v) is 7.72. The summed E-state index contributed by atoms with van der Waals surface area (Å²) in [6, 6.07) is 0. The van der Waals surface area contributed by atoms with E-state index in [0.717, 1.165) is 51.4 Å². The highest BCUT2D eigenvalue weighted by atomic mass is 16.6. The van der Waals surface area contributed by atoms with E-state index in [0.29, 0.717) is 23.8 Å². The number of fused-ring (bicyclic) bond motifs is 1. The van der Waals surface area contributed by atoms with Crippen LogP contribution in [-0.2, 0) is 28.6 Å². The summed E-state index contributed by atoms with van der Waals surface area (Å²) in [4.78, 5) is 37.9. The van der Waals surface area contributed by atoms with E-state index < -0.39 is 23.1 Å². The first kappa shape index (κ1) is 18.2. The van der Waals surface area contributed by atoms with E-state index in [1.165, 1.54) is 0 Å². The van der Waals surface area contributed by atoms with Crippen LogP contribution in [0.4, 0.5) is 0 Å². The van der Waals surface area contributed by atoms with Crippen LogP contribution in [0.3, 0.4) is 0 Å². The van der Waals surface area contributed by atoms with Crippen LogP contribution in [0.15, 0.2) is 12.2 Å². The molecule has 28 heavy (non-hydrogen) atoms. The molecule has 0 amide bonds. The predicted molar refractivity (Wildman–Crippen MR) is 97.9 cm³/mol. The highest BCUT2D eigenvalue weighted by molar-refractivity contribution is 5.88. The normalized spacial score (nSPS) is 45.5. The molecule has 0 spiro atoms. The van der Waals surface area contributed by atoms with E-state index >= 15 is 0 Å². The second kappa shape index (κ2) is 6.07. The van der Waals surface area contributed by atoms with Gasteiger partial charge in [0.05, 0.1) is 5.41 Å². The smallest absolute Gasteiger partial charge is 0.348 e. The van der Waals surface area contributed by atoms with Crippen molar-refractivity contribution in [3.05, 3.63) is 12.2 Å². The monoisotopic (exact) mass is 388 g/mol. The van der Waals surface area contributed by atoms with E-state index in [4.69, 9.17) is 14.2 Å². The quantitative estimate of drug-likeness (QED) is 0.418. The minimum atomic E-state index is -0.762. The van der Waals surface area contributed by atoms with Crippen LogP contribution in [0.25, 0.3) is 0 Å². The lowest BCUT2D eigenvalue weighted by Gasteiger charge is -2.59. The number of ether oxygens (including phenoxy) is 3. The molecule has 4 bridgehead atoms. The van der Waals surface area contributed by atoms with E-state index in [1.54, 1.807) is 6.92 Å². The first-order chi connectivity index (χ1) is 13.3. The Morgan fingerprint density at radius 2 is 1.86 bits per heavy atom. The Labute approximate surface area is 165 Å². The number of carbonyl (C=O) groups excluding carboxylic acids is 3. The van der Waals surface area contributed by atoms with Crippen molar-refractivity contribution in [2.24, 2.45) is 23.2 Å². The molecule has 0 N–H and O–H groups in total. The predicted octanol–water partition coefficient (Wildman–Crippen LogP) is 3.08. The summed E-state index contributed by atoms with van der Waals surface area (Å²) in [5, 5.41) is 0. The number of carbonyl (C=O) groups is 3. The molecule has 6 rings (SSSR count). The maximum atomic E-state index is 13.4. The first-order valence-corrected chi connectivity index (χ1v) is 10.6. The van der Waals surface area contributed by atoms with Crippen LogP contribution in [-0.4, -0.2) is 35.7 Å². The molecule has 152 valence electrons. The van der Waals surface area contributed by atoms with Crippen molar-refractivity contribution in [1.82, 2.24) is 0 Å². The molecule has 6 heteroatoms. The first-order valence-electron chi connectivity index (χ1n) is 10.6. The summed E-state index contributed by atoms with van der Waals surface area (Å²) in [6.45, 7) is 5.35. The van der Waals surface area contributed by atoms with Crippen LogP contribution >= 0.6 is 0 Å². The fourth-order valence-electron chi connectivity index (χ4n) is 7.03. The molecule has 1 saturated heterocycles. The maximum absolute atomic E-state index is 13.4. The van der Waals surface area contributed by atoms with Crippen molar-refractivity contribution >= 4 is 17.9 Å². The van der Waals surface area contributed by atoms with E-state index in [1.807, 2.05) is 0 Å². The lowest BCUT2D eigenvalue weighted by atomic mass is 9.48. The van der Waals surface area contributed by atoms with Crippen LogP contribution in [0.2, 0.25) is 0 Å². The Hall–Kier alpha value is -1.85. The van der Waals surface area contributed by atoms with Gasteiger partial charge in [-0.25, -0.2) is 9.59 Å². The van der Waals surface area contributed by atoms with Gasteiger partial charge in [-0.05, 0) is 70.1 Å². The Morgan fingerprint density at radius 3 is 2.54 bits per heavy atom. The zero-order chi connectivity index (χ0) is 19.7. The number of hydrogen-bond donors (Lipinski definition) is 0. The van der Waals surface area contributed by atoms with Gasteiger partial charge < -0.3 is 14.2 Å². The molecule has 1 heterocycles. The molecule has 0 aromatic heterocycles. The average molecular weight is 388 g/mol. The SMILES string of the molecule is C=C(C)C(=O)OC12CC3CC(C1)CC(C(=O)OC1C(=O)OC4CCCC41)(C3)C2. The minimum absolute atomic E-state index is 0.000524. The zero-order valence-corrected chi connectivity index (χ0v) is 16.4.